The molecule has 0 amide bonds. The van der Waals surface area contributed by atoms with Gasteiger partial charge in [0.15, 0.2) is 0 Å². The topological polar surface area (TPSA) is 80.0 Å². The first-order valence-corrected chi connectivity index (χ1v) is 5.26. The zero-order chi connectivity index (χ0) is 13.8. The van der Waals surface area contributed by atoms with E-state index < -0.39 is 11.8 Å². The summed E-state index contributed by atoms with van der Waals surface area (Å²) in [6.07, 6.45) is -0.957. The molecule has 0 radical (unpaired) electrons. The number of rotatable bonds is 4. The molecule has 6 heteroatoms. The zero-order valence-electron chi connectivity index (χ0n) is 10.9. The molecule has 1 aromatic rings. The Kier molecular flexibility index (Phi) is 4.38. The summed E-state index contributed by atoms with van der Waals surface area (Å²) in [5, 5.41) is 0. The van der Waals surface area contributed by atoms with Crippen LogP contribution in [0.5, 0.6) is 11.5 Å². The van der Waals surface area contributed by atoms with E-state index >= 15 is 0 Å². The van der Waals surface area contributed by atoms with E-state index in [2.05, 4.69) is 4.84 Å². The van der Waals surface area contributed by atoms with Crippen LogP contribution in [0.3, 0.4) is 0 Å². The average Bonchev–Trinajstić information content (AvgIpc) is 2.37. The van der Waals surface area contributed by atoms with Gasteiger partial charge in [-0.05, 0) is 26.0 Å². The number of methoxy groups -OCH3 is 2. The second-order valence-corrected chi connectivity index (χ2v) is 4.08. The smallest absolute Gasteiger partial charge is 0.497 e. The Morgan fingerprint density at radius 1 is 1.11 bits per heavy atom. The summed E-state index contributed by atoms with van der Waals surface area (Å²) in [7, 11) is 3.08. The first-order valence-electron chi connectivity index (χ1n) is 5.26. The Bertz CT molecular complexity index is 408. The molecule has 0 aliphatic carbocycles. The van der Waals surface area contributed by atoms with Crippen molar-refractivity contribution in [2.24, 2.45) is 5.90 Å². The minimum atomic E-state index is -0.957. The molecule has 6 nitrogen and oxygen atoms in total. The van der Waals surface area contributed by atoms with Crippen molar-refractivity contribution in [1.29, 1.82) is 0 Å². The van der Waals surface area contributed by atoms with Gasteiger partial charge in [-0.3, -0.25) is 0 Å². The number of carbonyl (C=O) groups excluding carboxylic acids is 1. The Balaban J connectivity index is 3.09. The van der Waals surface area contributed by atoms with Crippen LogP contribution in [0.4, 0.5) is 4.79 Å². The molecule has 0 heterocycles. The lowest BCUT2D eigenvalue weighted by Crippen LogP contribution is -2.27. The van der Waals surface area contributed by atoms with Crippen molar-refractivity contribution in [3.8, 4) is 11.5 Å². The number of benzene rings is 1. The minimum Gasteiger partial charge on any atom is -0.497 e. The molecule has 18 heavy (non-hydrogen) atoms. The van der Waals surface area contributed by atoms with Crippen molar-refractivity contribution < 1.29 is 23.8 Å². The molecule has 0 atom stereocenters. The summed E-state index contributed by atoms with van der Waals surface area (Å²) in [6, 6.07) is 5.21. The molecular weight excluding hydrogens is 238 g/mol. The van der Waals surface area contributed by atoms with Crippen LogP contribution in [0.15, 0.2) is 18.2 Å². The molecule has 100 valence electrons. The normalized spacial score (nSPS) is 10.7. The highest BCUT2D eigenvalue weighted by atomic mass is 16.8. The van der Waals surface area contributed by atoms with Crippen LogP contribution in [-0.2, 0) is 15.2 Å². The number of hydrogen-bond donors (Lipinski definition) is 1. The largest absolute Gasteiger partial charge is 0.528 e. The van der Waals surface area contributed by atoms with Crippen molar-refractivity contribution in [2.75, 3.05) is 14.2 Å². The average molecular weight is 255 g/mol. The van der Waals surface area contributed by atoms with Gasteiger partial charge < -0.3 is 19.0 Å². The third-order valence-electron chi connectivity index (χ3n) is 2.48. The van der Waals surface area contributed by atoms with Crippen LogP contribution in [0.2, 0.25) is 0 Å². The van der Waals surface area contributed by atoms with Crippen LogP contribution >= 0.6 is 0 Å². The lowest BCUT2D eigenvalue weighted by atomic mass is 9.97. The van der Waals surface area contributed by atoms with E-state index in [1.165, 1.54) is 0 Å². The molecule has 0 saturated carbocycles. The fraction of sp³-hybridized carbons (Fsp3) is 0.417. The summed E-state index contributed by atoms with van der Waals surface area (Å²) >= 11 is 0. The molecule has 1 aromatic carbocycles. The molecule has 2 N–H and O–H groups in total. The summed E-state index contributed by atoms with van der Waals surface area (Å²) < 4.78 is 15.4. The van der Waals surface area contributed by atoms with E-state index in [4.69, 9.17) is 20.1 Å². The van der Waals surface area contributed by atoms with Gasteiger partial charge in [0, 0.05) is 11.6 Å². The predicted octanol–water partition coefficient (Wildman–Crippen LogP) is 1.97. The van der Waals surface area contributed by atoms with Gasteiger partial charge in [0.05, 0.1) is 14.2 Å². The lowest BCUT2D eigenvalue weighted by molar-refractivity contribution is -0.0199. The van der Waals surface area contributed by atoms with E-state index in [-0.39, 0.29) is 0 Å². The van der Waals surface area contributed by atoms with Crippen LogP contribution in [0, 0.1) is 0 Å². The highest BCUT2D eigenvalue weighted by molar-refractivity contribution is 5.60. The second kappa shape index (κ2) is 5.59. The summed E-state index contributed by atoms with van der Waals surface area (Å²) in [5.74, 6) is 5.94. The van der Waals surface area contributed by atoms with E-state index in [0.29, 0.717) is 17.1 Å². The van der Waals surface area contributed by atoms with Crippen LogP contribution in [-0.4, -0.2) is 20.4 Å². The molecule has 0 bridgehead atoms. The Morgan fingerprint density at radius 2 is 1.61 bits per heavy atom. The zero-order valence-corrected chi connectivity index (χ0v) is 10.9. The third kappa shape index (κ3) is 3.27. The van der Waals surface area contributed by atoms with Gasteiger partial charge in [-0.25, -0.2) is 4.79 Å². The minimum absolute atomic E-state index is 0.599. The Hall–Kier alpha value is -1.95. The predicted molar refractivity (Wildman–Crippen MR) is 64.3 cm³/mol. The molecule has 0 unspecified atom stereocenters. The number of carbonyl (C=O) groups is 1. The van der Waals surface area contributed by atoms with E-state index in [9.17, 15) is 4.79 Å². The highest BCUT2D eigenvalue weighted by Gasteiger charge is 2.27. The fourth-order valence-electron chi connectivity index (χ4n) is 1.45. The molecule has 0 spiro atoms. The van der Waals surface area contributed by atoms with Crippen molar-refractivity contribution >= 4 is 6.16 Å². The summed E-state index contributed by atoms with van der Waals surface area (Å²) in [4.78, 5) is 15.1. The van der Waals surface area contributed by atoms with Crippen LogP contribution in [0.25, 0.3) is 0 Å². The number of ether oxygens (including phenoxy) is 3. The monoisotopic (exact) mass is 255 g/mol. The molecule has 0 aromatic heterocycles. The summed E-state index contributed by atoms with van der Waals surface area (Å²) in [5.41, 5.74) is -0.220. The third-order valence-corrected chi connectivity index (χ3v) is 2.48. The molecule has 0 aliphatic heterocycles. The maximum atomic E-state index is 11.1. The van der Waals surface area contributed by atoms with Gasteiger partial charge in [0.2, 0.25) is 0 Å². The quantitative estimate of drug-likeness (QED) is 0.654. The van der Waals surface area contributed by atoms with Crippen molar-refractivity contribution in [3.05, 3.63) is 23.8 Å². The van der Waals surface area contributed by atoms with E-state index in [1.807, 2.05) is 0 Å². The van der Waals surface area contributed by atoms with E-state index in [1.54, 1.807) is 46.3 Å². The number of hydrogen-bond acceptors (Lipinski definition) is 6. The van der Waals surface area contributed by atoms with Gasteiger partial charge in [0.25, 0.3) is 0 Å². The van der Waals surface area contributed by atoms with Gasteiger partial charge in [-0.1, -0.05) is 0 Å². The van der Waals surface area contributed by atoms with Gasteiger partial charge >= 0.3 is 6.16 Å². The highest BCUT2D eigenvalue weighted by Crippen LogP contribution is 2.32. The molecule has 0 saturated heterocycles. The Morgan fingerprint density at radius 3 is 2.00 bits per heavy atom. The summed E-state index contributed by atoms with van der Waals surface area (Å²) in [6.45, 7) is 3.41. The maximum absolute atomic E-state index is 11.1. The second-order valence-electron chi connectivity index (χ2n) is 4.08. The van der Waals surface area contributed by atoms with Crippen molar-refractivity contribution in [1.82, 2.24) is 0 Å². The Labute approximate surface area is 106 Å². The fourth-order valence-corrected chi connectivity index (χ4v) is 1.45. The standard InChI is InChI=1S/C12H17NO5/c1-12(2,17-11(14)18-13)8-5-9(15-3)7-10(6-8)16-4/h5-7H,13H2,1-4H3. The van der Waals surface area contributed by atoms with E-state index in [0.717, 1.165) is 0 Å². The molecule has 0 aliphatic rings. The van der Waals surface area contributed by atoms with Gasteiger partial charge in [-0.15, -0.1) is 0 Å². The molecule has 1 rings (SSSR count). The van der Waals surface area contributed by atoms with Crippen LogP contribution < -0.4 is 15.4 Å². The lowest BCUT2D eigenvalue weighted by Gasteiger charge is -2.25. The first-order chi connectivity index (χ1) is 8.42. The first kappa shape index (κ1) is 14.1. The number of nitrogens with two attached hydrogens (primary N) is 1. The van der Waals surface area contributed by atoms with Gasteiger partial charge in [-0.2, -0.15) is 5.90 Å². The van der Waals surface area contributed by atoms with Crippen LogP contribution in [0.1, 0.15) is 19.4 Å². The van der Waals surface area contributed by atoms with Gasteiger partial charge in [0.1, 0.15) is 17.1 Å². The van der Waals surface area contributed by atoms with Crippen molar-refractivity contribution in [3.63, 3.8) is 0 Å². The molecular formula is C12H17NO5. The molecule has 0 fully saturated rings. The van der Waals surface area contributed by atoms with Crippen molar-refractivity contribution in [2.45, 2.75) is 19.4 Å². The SMILES string of the molecule is COc1cc(OC)cc(C(C)(C)OC(=O)ON)c1. The maximum Gasteiger partial charge on any atom is 0.528 e.